The standard InChI is InChI=1S/C22H26N2O2.ClH/c25-22-10-8-18-7-9-20(15-21(18)23-22)26-14-4-3-12-24-13-11-17-5-1-2-6-19(17)16-24;/h1-2,5-7,9,15H,3-4,8,10-14,16H2,(H,23,25);1H. The second kappa shape index (κ2) is 9.25. The van der Waals surface area contributed by atoms with Gasteiger partial charge in [-0.25, -0.2) is 0 Å². The number of unbranched alkanes of at least 4 members (excludes halogenated alkanes) is 1. The van der Waals surface area contributed by atoms with Crippen LogP contribution in [0.3, 0.4) is 0 Å². The normalized spacial score (nSPS) is 15.9. The lowest BCUT2D eigenvalue weighted by atomic mass is 10.00. The maximum atomic E-state index is 11.5. The maximum Gasteiger partial charge on any atom is 0.224 e. The van der Waals surface area contributed by atoms with Crippen molar-refractivity contribution in [3.8, 4) is 5.75 Å². The van der Waals surface area contributed by atoms with Crippen LogP contribution in [0, 0.1) is 0 Å². The van der Waals surface area contributed by atoms with Crippen LogP contribution in [0.25, 0.3) is 0 Å². The molecule has 0 atom stereocenters. The maximum absolute atomic E-state index is 11.5. The first kappa shape index (κ1) is 19.7. The van der Waals surface area contributed by atoms with Crippen LogP contribution in [0.2, 0.25) is 0 Å². The third kappa shape index (κ3) is 5.02. The van der Waals surface area contributed by atoms with Crippen LogP contribution in [0.15, 0.2) is 42.5 Å². The van der Waals surface area contributed by atoms with Gasteiger partial charge in [-0.3, -0.25) is 9.69 Å². The number of hydrogen-bond acceptors (Lipinski definition) is 3. The van der Waals surface area contributed by atoms with Gasteiger partial charge in [0.2, 0.25) is 5.91 Å². The van der Waals surface area contributed by atoms with E-state index in [1.54, 1.807) is 0 Å². The molecule has 2 aromatic carbocycles. The van der Waals surface area contributed by atoms with Crippen molar-refractivity contribution in [2.24, 2.45) is 0 Å². The quantitative estimate of drug-likeness (QED) is 0.756. The van der Waals surface area contributed by atoms with Gasteiger partial charge < -0.3 is 10.1 Å². The molecule has 5 heteroatoms. The summed E-state index contributed by atoms with van der Waals surface area (Å²) in [7, 11) is 0. The Hall–Kier alpha value is -2.04. The summed E-state index contributed by atoms with van der Waals surface area (Å²) in [5, 5.41) is 2.93. The number of rotatable bonds is 6. The number of nitrogens with zero attached hydrogens (tertiary/aromatic N) is 1. The van der Waals surface area contributed by atoms with E-state index in [1.807, 2.05) is 12.1 Å². The Balaban J connectivity index is 0.00000210. The van der Waals surface area contributed by atoms with E-state index in [0.717, 1.165) is 63.4 Å². The Morgan fingerprint density at radius 2 is 1.81 bits per heavy atom. The number of benzene rings is 2. The molecule has 144 valence electrons. The Morgan fingerprint density at radius 3 is 2.70 bits per heavy atom. The smallest absolute Gasteiger partial charge is 0.224 e. The summed E-state index contributed by atoms with van der Waals surface area (Å²) in [6.07, 6.45) is 4.74. The topological polar surface area (TPSA) is 41.6 Å². The van der Waals surface area contributed by atoms with E-state index in [-0.39, 0.29) is 18.3 Å². The first-order valence-corrected chi connectivity index (χ1v) is 9.63. The molecule has 4 nitrogen and oxygen atoms in total. The van der Waals surface area contributed by atoms with Crippen molar-refractivity contribution in [3.63, 3.8) is 0 Å². The highest BCUT2D eigenvalue weighted by atomic mass is 35.5. The molecule has 0 saturated carbocycles. The van der Waals surface area contributed by atoms with Gasteiger partial charge >= 0.3 is 0 Å². The second-order valence-electron chi connectivity index (χ2n) is 7.22. The highest BCUT2D eigenvalue weighted by Crippen LogP contribution is 2.27. The van der Waals surface area contributed by atoms with E-state index in [0.29, 0.717) is 6.42 Å². The van der Waals surface area contributed by atoms with Crippen LogP contribution in [-0.2, 0) is 24.2 Å². The first-order valence-electron chi connectivity index (χ1n) is 9.63. The van der Waals surface area contributed by atoms with Gasteiger partial charge in [-0.05, 0) is 55.0 Å². The summed E-state index contributed by atoms with van der Waals surface area (Å²) in [4.78, 5) is 14.0. The number of aryl methyl sites for hydroxylation is 1. The molecule has 0 unspecified atom stereocenters. The molecule has 0 radical (unpaired) electrons. The summed E-state index contributed by atoms with van der Waals surface area (Å²) < 4.78 is 5.88. The Morgan fingerprint density at radius 1 is 0.963 bits per heavy atom. The predicted octanol–water partition coefficient (Wildman–Crippen LogP) is 4.21. The van der Waals surface area contributed by atoms with Crippen molar-refractivity contribution in [1.82, 2.24) is 4.90 Å². The van der Waals surface area contributed by atoms with Crippen LogP contribution in [-0.4, -0.2) is 30.5 Å². The third-order valence-electron chi connectivity index (χ3n) is 5.32. The summed E-state index contributed by atoms with van der Waals surface area (Å²) >= 11 is 0. The molecule has 0 saturated heterocycles. The summed E-state index contributed by atoms with van der Waals surface area (Å²) in [5.41, 5.74) is 5.09. The van der Waals surface area contributed by atoms with Crippen LogP contribution in [0.1, 0.15) is 36.0 Å². The number of fused-ring (bicyclic) bond motifs is 2. The van der Waals surface area contributed by atoms with Crippen LogP contribution in [0.5, 0.6) is 5.75 Å². The molecule has 2 heterocycles. The number of hydrogen-bond donors (Lipinski definition) is 1. The van der Waals surface area contributed by atoms with Gasteiger partial charge in [0.15, 0.2) is 0 Å². The highest BCUT2D eigenvalue weighted by Gasteiger charge is 2.16. The van der Waals surface area contributed by atoms with E-state index >= 15 is 0 Å². The molecule has 0 bridgehead atoms. The fraction of sp³-hybridized carbons (Fsp3) is 0.409. The molecule has 2 aliphatic heterocycles. The average Bonchev–Trinajstić information content (AvgIpc) is 2.67. The lowest BCUT2D eigenvalue weighted by Crippen LogP contribution is -2.31. The van der Waals surface area contributed by atoms with Crippen molar-refractivity contribution in [2.45, 2.75) is 38.6 Å². The fourth-order valence-corrected chi connectivity index (χ4v) is 3.81. The lowest BCUT2D eigenvalue weighted by molar-refractivity contribution is -0.116. The van der Waals surface area contributed by atoms with E-state index < -0.39 is 0 Å². The summed E-state index contributed by atoms with van der Waals surface area (Å²) in [6, 6.07) is 14.8. The van der Waals surface area contributed by atoms with Crippen LogP contribution >= 0.6 is 12.4 Å². The average molecular weight is 387 g/mol. The minimum absolute atomic E-state index is 0. The molecular formula is C22H27ClN2O2. The molecule has 27 heavy (non-hydrogen) atoms. The molecule has 2 aliphatic rings. The number of carbonyl (C=O) groups is 1. The number of ether oxygens (including phenoxy) is 1. The van der Waals surface area contributed by atoms with Gasteiger partial charge in [0.1, 0.15) is 5.75 Å². The van der Waals surface area contributed by atoms with Gasteiger partial charge in [0.05, 0.1) is 6.61 Å². The van der Waals surface area contributed by atoms with Crippen molar-refractivity contribution in [3.05, 3.63) is 59.2 Å². The van der Waals surface area contributed by atoms with Crippen LogP contribution in [0.4, 0.5) is 5.69 Å². The van der Waals surface area contributed by atoms with E-state index in [4.69, 9.17) is 4.74 Å². The summed E-state index contributed by atoms with van der Waals surface area (Å²) in [6.45, 7) is 4.07. The molecule has 1 N–H and O–H groups in total. The van der Waals surface area contributed by atoms with Crippen LogP contribution < -0.4 is 10.1 Å². The molecule has 0 spiro atoms. The molecule has 0 fully saturated rings. The van der Waals surface area contributed by atoms with Crippen molar-refractivity contribution in [1.29, 1.82) is 0 Å². The zero-order chi connectivity index (χ0) is 17.8. The zero-order valence-electron chi connectivity index (χ0n) is 15.6. The van der Waals surface area contributed by atoms with Gasteiger partial charge in [-0.2, -0.15) is 0 Å². The predicted molar refractivity (Wildman–Crippen MR) is 111 cm³/mol. The van der Waals surface area contributed by atoms with E-state index in [1.165, 1.54) is 16.7 Å². The van der Waals surface area contributed by atoms with Gasteiger partial charge in [0, 0.05) is 31.3 Å². The highest BCUT2D eigenvalue weighted by molar-refractivity contribution is 5.94. The zero-order valence-corrected chi connectivity index (χ0v) is 16.4. The number of nitrogens with one attached hydrogen (secondary N) is 1. The summed E-state index contributed by atoms with van der Waals surface area (Å²) in [5.74, 6) is 0.940. The molecule has 4 rings (SSSR count). The molecule has 0 aromatic heterocycles. The first-order chi connectivity index (χ1) is 12.8. The van der Waals surface area contributed by atoms with Gasteiger partial charge in [-0.15, -0.1) is 12.4 Å². The van der Waals surface area contributed by atoms with E-state index in [9.17, 15) is 4.79 Å². The molecular weight excluding hydrogens is 360 g/mol. The Bertz CT molecular complexity index is 794. The van der Waals surface area contributed by atoms with Crippen molar-refractivity contribution in [2.75, 3.05) is 25.0 Å². The van der Waals surface area contributed by atoms with Gasteiger partial charge in [0.25, 0.3) is 0 Å². The van der Waals surface area contributed by atoms with E-state index in [2.05, 4.69) is 40.5 Å². The molecule has 0 aliphatic carbocycles. The second-order valence-corrected chi connectivity index (χ2v) is 7.22. The number of anilines is 1. The SMILES string of the molecule is Cl.O=C1CCc2ccc(OCCCCN3CCc4ccccc4C3)cc2N1. The minimum Gasteiger partial charge on any atom is -0.494 e. The Labute approximate surface area is 167 Å². The Kier molecular flexibility index (Phi) is 6.75. The number of carbonyl (C=O) groups excluding carboxylic acids is 1. The largest absolute Gasteiger partial charge is 0.494 e. The number of halogens is 1. The fourth-order valence-electron chi connectivity index (χ4n) is 3.81. The number of amides is 1. The van der Waals surface area contributed by atoms with Crippen molar-refractivity contribution < 1.29 is 9.53 Å². The monoisotopic (exact) mass is 386 g/mol. The third-order valence-corrected chi connectivity index (χ3v) is 5.32. The molecule has 1 amide bonds. The minimum atomic E-state index is 0. The lowest BCUT2D eigenvalue weighted by Gasteiger charge is -2.28. The molecule has 2 aromatic rings. The van der Waals surface area contributed by atoms with Gasteiger partial charge in [-0.1, -0.05) is 30.3 Å². The van der Waals surface area contributed by atoms with Crippen molar-refractivity contribution >= 4 is 24.0 Å².